The van der Waals surface area contributed by atoms with Gasteiger partial charge >= 0.3 is 5.97 Å². The molecule has 0 unspecified atom stereocenters. The van der Waals surface area contributed by atoms with Crippen LogP contribution in [0.2, 0.25) is 0 Å². The number of ether oxygens (including phenoxy) is 5. The Morgan fingerprint density at radius 3 is 1.98 bits per heavy atom. The van der Waals surface area contributed by atoms with Crippen molar-refractivity contribution in [3.8, 4) is 0 Å². The first-order valence-corrected chi connectivity index (χ1v) is 18.0. The van der Waals surface area contributed by atoms with Crippen LogP contribution in [-0.2, 0) is 57.6 Å². The second-order valence-electron chi connectivity index (χ2n) is 12.1. The molecule has 3 aromatic rings. The highest BCUT2D eigenvalue weighted by molar-refractivity contribution is 6.54. The van der Waals surface area contributed by atoms with Gasteiger partial charge in [0.15, 0.2) is 0 Å². The number of hydrogen-bond acceptors (Lipinski definition) is 11. The number of anilines is 1. The lowest BCUT2D eigenvalue weighted by molar-refractivity contribution is -0.142. The van der Waals surface area contributed by atoms with Crippen molar-refractivity contribution >= 4 is 34.9 Å². The molecular weight excluding hydrogens is 678 g/mol. The summed E-state index contributed by atoms with van der Waals surface area (Å²) in [7, 11) is 1.34. The maximum atomic E-state index is 13.9. The number of methoxy groups -OCH3 is 1. The molecule has 0 fully saturated rings. The van der Waals surface area contributed by atoms with E-state index in [9.17, 15) is 14.4 Å². The average Bonchev–Trinajstić information content (AvgIpc) is 3.18. The van der Waals surface area contributed by atoms with Gasteiger partial charge < -0.3 is 39.7 Å². The average molecular weight is 730 g/mol. The highest BCUT2D eigenvalue weighted by Crippen LogP contribution is 2.30. The number of para-hydroxylation sites is 1. The van der Waals surface area contributed by atoms with Gasteiger partial charge in [-0.2, -0.15) is 5.10 Å². The molecule has 284 valence electrons. The van der Waals surface area contributed by atoms with Gasteiger partial charge in [-0.15, -0.1) is 0 Å². The number of aliphatic imine (C=N–C) groups is 1. The zero-order chi connectivity index (χ0) is 37.7. The minimum absolute atomic E-state index is 0.0206. The molecule has 1 heterocycles. The van der Waals surface area contributed by atoms with Crippen LogP contribution in [0.15, 0.2) is 82.9 Å². The van der Waals surface area contributed by atoms with Crippen molar-refractivity contribution in [2.24, 2.45) is 15.9 Å². The number of benzene rings is 3. The standard InChI is InChI=1S/C40H51N5O8/c1-3-30-12-14-31(15-13-30)28-43-39-34-10-6-7-11-35(34)45(29-32-8-4-5-9-33(32)40(39)44-41)37(47)17-16-36(46)42-19-21-51-23-25-53-27-26-52-24-22-50-20-18-38(48)49-2/h4-15H,3,16-29,41H2,1-2H3,(H,42,46). The predicted octanol–water partition coefficient (Wildman–Crippen LogP) is 3.97. The zero-order valence-electron chi connectivity index (χ0n) is 30.7. The van der Waals surface area contributed by atoms with Gasteiger partial charge in [-0.05, 0) is 29.2 Å². The smallest absolute Gasteiger partial charge is 0.307 e. The minimum atomic E-state index is -0.308. The van der Waals surface area contributed by atoms with Crippen LogP contribution in [0.1, 0.15) is 54.0 Å². The summed E-state index contributed by atoms with van der Waals surface area (Å²) in [5.41, 5.74) is 6.54. The number of rotatable bonds is 21. The molecule has 2 amide bonds. The fraction of sp³-hybridized carbons (Fsp3) is 0.425. The maximum absolute atomic E-state index is 13.9. The number of nitrogens with one attached hydrogen (secondary N) is 1. The summed E-state index contributed by atoms with van der Waals surface area (Å²) in [5, 5.41) is 7.04. The topological polar surface area (TPSA) is 163 Å². The molecule has 0 aliphatic carbocycles. The van der Waals surface area contributed by atoms with Crippen molar-refractivity contribution in [2.45, 2.75) is 45.7 Å². The lowest BCUT2D eigenvalue weighted by Gasteiger charge is -2.30. The second kappa shape index (κ2) is 22.9. The normalized spacial score (nSPS) is 14.0. The molecule has 0 saturated heterocycles. The molecule has 3 aromatic carbocycles. The van der Waals surface area contributed by atoms with Crippen LogP contribution >= 0.6 is 0 Å². The summed E-state index contributed by atoms with van der Waals surface area (Å²) in [5.74, 6) is 5.31. The molecule has 0 radical (unpaired) electrons. The van der Waals surface area contributed by atoms with Crippen LogP contribution in [0.5, 0.6) is 0 Å². The number of nitrogens with zero attached hydrogens (tertiary/aromatic N) is 3. The van der Waals surface area contributed by atoms with E-state index in [-0.39, 0.29) is 43.6 Å². The summed E-state index contributed by atoms with van der Waals surface area (Å²) < 4.78 is 26.3. The highest BCUT2D eigenvalue weighted by atomic mass is 16.6. The predicted molar refractivity (Wildman–Crippen MR) is 203 cm³/mol. The van der Waals surface area contributed by atoms with E-state index in [1.807, 2.05) is 48.5 Å². The monoisotopic (exact) mass is 729 g/mol. The molecule has 0 spiro atoms. The first-order valence-electron chi connectivity index (χ1n) is 18.0. The van der Waals surface area contributed by atoms with Crippen LogP contribution < -0.4 is 16.1 Å². The van der Waals surface area contributed by atoms with E-state index in [4.69, 9.17) is 29.8 Å². The third kappa shape index (κ3) is 13.2. The molecule has 13 nitrogen and oxygen atoms in total. The number of aryl methyl sites for hydroxylation is 1. The first-order chi connectivity index (χ1) is 25.9. The van der Waals surface area contributed by atoms with Crippen molar-refractivity contribution in [3.63, 3.8) is 0 Å². The maximum Gasteiger partial charge on any atom is 0.307 e. The van der Waals surface area contributed by atoms with Gasteiger partial charge in [-0.3, -0.25) is 19.4 Å². The van der Waals surface area contributed by atoms with Gasteiger partial charge in [0.05, 0.1) is 90.9 Å². The molecule has 53 heavy (non-hydrogen) atoms. The quantitative estimate of drug-likeness (QED) is 0.0715. The van der Waals surface area contributed by atoms with Gasteiger partial charge in [0.1, 0.15) is 5.71 Å². The Balaban J connectivity index is 1.24. The Kier molecular flexibility index (Phi) is 17.6. The van der Waals surface area contributed by atoms with Crippen LogP contribution in [0.4, 0.5) is 5.69 Å². The van der Waals surface area contributed by atoms with Crippen LogP contribution in [0, 0.1) is 0 Å². The molecule has 1 aliphatic rings. The zero-order valence-corrected chi connectivity index (χ0v) is 30.7. The fourth-order valence-corrected chi connectivity index (χ4v) is 5.60. The Hall–Kier alpha value is -4.95. The van der Waals surface area contributed by atoms with Crippen molar-refractivity contribution in [1.82, 2.24) is 5.32 Å². The number of fused-ring (bicyclic) bond motifs is 2. The van der Waals surface area contributed by atoms with Gasteiger partial charge in [0.25, 0.3) is 0 Å². The second-order valence-corrected chi connectivity index (χ2v) is 12.1. The summed E-state index contributed by atoms with van der Waals surface area (Å²) >= 11 is 0. The third-order valence-corrected chi connectivity index (χ3v) is 8.49. The highest BCUT2D eigenvalue weighted by Gasteiger charge is 2.29. The molecule has 13 heteroatoms. The van der Waals surface area contributed by atoms with Crippen LogP contribution in [0.25, 0.3) is 0 Å². The first kappa shape index (κ1) is 40.8. The number of hydrazone groups is 1. The fourth-order valence-electron chi connectivity index (χ4n) is 5.60. The summed E-state index contributed by atoms with van der Waals surface area (Å²) in [6, 6.07) is 23.7. The summed E-state index contributed by atoms with van der Waals surface area (Å²) in [6.45, 7) is 6.11. The Bertz CT molecular complexity index is 1680. The van der Waals surface area contributed by atoms with Crippen molar-refractivity contribution in [1.29, 1.82) is 0 Å². The van der Waals surface area contributed by atoms with E-state index in [0.717, 1.165) is 28.7 Å². The number of carbonyl (C=O) groups is 3. The Labute approximate surface area is 311 Å². The third-order valence-electron chi connectivity index (χ3n) is 8.49. The van der Waals surface area contributed by atoms with Gasteiger partial charge in [-0.25, -0.2) is 0 Å². The van der Waals surface area contributed by atoms with Gasteiger partial charge in [-0.1, -0.05) is 73.7 Å². The largest absolute Gasteiger partial charge is 0.469 e. The van der Waals surface area contributed by atoms with Gasteiger partial charge in [0.2, 0.25) is 11.8 Å². The minimum Gasteiger partial charge on any atom is -0.469 e. The van der Waals surface area contributed by atoms with E-state index < -0.39 is 0 Å². The summed E-state index contributed by atoms with van der Waals surface area (Å²) in [6.07, 6.45) is 1.22. The van der Waals surface area contributed by atoms with Crippen molar-refractivity contribution in [2.75, 3.05) is 71.4 Å². The van der Waals surface area contributed by atoms with E-state index in [1.54, 1.807) is 4.90 Å². The molecular formula is C40H51N5O8. The van der Waals surface area contributed by atoms with Crippen molar-refractivity contribution < 1.29 is 38.1 Å². The van der Waals surface area contributed by atoms with E-state index in [1.165, 1.54) is 12.7 Å². The lowest BCUT2D eigenvalue weighted by Crippen LogP contribution is -2.36. The molecule has 1 aliphatic heterocycles. The number of amides is 2. The molecule has 0 saturated carbocycles. The number of esters is 1. The molecule has 4 rings (SSSR count). The Morgan fingerprint density at radius 1 is 0.717 bits per heavy atom. The number of hydrogen-bond donors (Lipinski definition) is 2. The molecule has 0 aromatic heterocycles. The number of nitrogens with two attached hydrogens (primary N) is 1. The summed E-state index contributed by atoms with van der Waals surface area (Å²) in [4.78, 5) is 44.3. The lowest BCUT2D eigenvalue weighted by atomic mass is 9.91. The SMILES string of the molecule is CCc1ccc(CN=C2C(=NN)c3ccccc3CN(C(=O)CCC(=O)NCCOCCOCCOCCOCCC(=O)OC)c3ccccc32)cc1. The van der Waals surface area contributed by atoms with E-state index in [2.05, 4.69) is 46.3 Å². The van der Waals surface area contributed by atoms with E-state index >= 15 is 0 Å². The van der Waals surface area contributed by atoms with Gasteiger partial charge in [0, 0.05) is 30.5 Å². The van der Waals surface area contributed by atoms with E-state index in [0.29, 0.717) is 83.1 Å². The van der Waals surface area contributed by atoms with Crippen LogP contribution in [-0.4, -0.2) is 95.7 Å². The molecule has 3 N–H and O–H groups in total. The molecule has 0 atom stereocenters. The molecule has 0 bridgehead atoms. The van der Waals surface area contributed by atoms with Crippen LogP contribution in [0.3, 0.4) is 0 Å². The Morgan fingerprint density at radius 2 is 1.32 bits per heavy atom. The number of carbonyl (C=O) groups excluding carboxylic acids is 3. The van der Waals surface area contributed by atoms with Crippen molar-refractivity contribution in [3.05, 3.63) is 101 Å².